The second kappa shape index (κ2) is 4.85. The highest BCUT2D eigenvalue weighted by Crippen LogP contribution is 2.28. The number of aromatic nitrogens is 1. The van der Waals surface area contributed by atoms with E-state index in [1.54, 1.807) is 6.20 Å². The summed E-state index contributed by atoms with van der Waals surface area (Å²) < 4.78 is 0. The van der Waals surface area contributed by atoms with E-state index in [9.17, 15) is 0 Å². The Kier molecular flexibility index (Phi) is 3.03. The fourth-order valence-corrected chi connectivity index (χ4v) is 2.29. The molecule has 0 aliphatic heterocycles. The van der Waals surface area contributed by atoms with E-state index in [0.29, 0.717) is 0 Å². The third kappa shape index (κ3) is 2.30. The molecule has 0 aliphatic rings. The summed E-state index contributed by atoms with van der Waals surface area (Å²) >= 11 is 0. The number of hydrogen-bond acceptors (Lipinski definition) is 3. The van der Waals surface area contributed by atoms with Crippen molar-refractivity contribution in [3.05, 3.63) is 59.8 Å². The van der Waals surface area contributed by atoms with Gasteiger partial charge in [0.15, 0.2) is 0 Å². The maximum atomic E-state index is 5.81. The Morgan fingerprint density at radius 1 is 0.950 bits per heavy atom. The van der Waals surface area contributed by atoms with E-state index in [0.717, 1.165) is 28.0 Å². The van der Waals surface area contributed by atoms with Crippen LogP contribution < -0.4 is 11.1 Å². The van der Waals surface area contributed by atoms with Crippen molar-refractivity contribution in [2.45, 2.75) is 13.8 Å². The summed E-state index contributed by atoms with van der Waals surface area (Å²) in [4.78, 5) is 4.36. The number of fused-ring (bicyclic) bond motifs is 1. The summed E-state index contributed by atoms with van der Waals surface area (Å²) in [6.45, 7) is 4.19. The van der Waals surface area contributed by atoms with Crippen molar-refractivity contribution in [1.29, 1.82) is 0 Å². The van der Waals surface area contributed by atoms with Crippen molar-refractivity contribution >= 4 is 28.0 Å². The molecular formula is C17H17N3. The maximum Gasteiger partial charge on any atom is 0.0743 e. The SMILES string of the molecule is Cc1ccc(C)c(Nc2ccnc3cc(N)ccc23)c1. The Morgan fingerprint density at radius 3 is 2.65 bits per heavy atom. The molecule has 0 saturated carbocycles. The Bertz CT molecular complexity index is 778. The quantitative estimate of drug-likeness (QED) is 0.682. The third-order valence-electron chi connectivity index (χ3n) is 3.43. The van der Waals surface area contributed by atoms with E-state index in [-0.39, 0.29) is 0 Å². The summed E-state index contributed by atoms with van der Waals surface area (Å²) in [5.74, 6) is 0. The molecule has 3 N–H and O–H groups in total. The van der Waals surface area contributed by atoms with Gasteiger partial charge < -0.3 is 11.1 Å². The van der Waals surface area contributed by atoms with Crippen LogP contribution >= 0.6 is 0 Å². The topological polar surface area (TPSA) is 50.9 Å². The van der Waals surface area contributed by atoms with Gasteiger partial charge in [-0.3, -0.25) is 4.98 Å². The minimum atomic E-state index is 0.730. The fraction of sp³-hybridized carbons (Fsp3) is 0.118. The largest absolute Gasteiger partial charge is 0.399 e. The Hall–Kier alpha value is -2.55. The molecule has 0 atom stereocenters. The zero-order chi connectivity index (χ0) is 14.1. The first-order valence-electron chi connectivity index (χ1n) is 6.62. The second-order valence-corrected chi connectivity index (χ2v) is 5.08. The smallest absolute Gasteiger partial charge is 0.0743 e. The van der Waals surface area contributed by atoms with Crippen LogP contribution in [0.15, 0.2) is 48.7 Å². The van der Waals surface area contributed by atoms with E-state index in [2.05, 4.69) is 42.3 Å². The molecular weight excluding hydrogens is 246 g/mol. The van der Waals surface area contributed by atoms with E-state index >= 15 is 0 Å². The molecule has 0 saturated heterocycles. The van der Waals surface area contributed by atoms with Crippen molar-refractivity contribution in [2.24, 2.45) is 0 Å². The predicted molar refractivity (Wildman–Crippen MR) is 85.4 cm³/mol. The van der Waals surface area contributed by atoms with Crippen LogP contribution in [0.4, 0.5) is 17.1 Å². The summed E-state index contributed by atoms with van der Waals surface area (Å²) in [5, 5.41) is 4.57. The number of rotatable bonds is 2. The number of nitrogens with two attached hydrogens (primary N) is 1. The first-order chi connectivity index (χ1) is 9.63. The first kappa shape index (κ1) is 12.5. The molecule has 0 unspecified atom stereocenters. The normalized spacial score (nSPS) is 10.7. The number of nitrogens with zero attached hydrogens (tertiary/aromatic N) is 1. The summed E-state index contributed by atoms with van der Waals surface area (Å²) in [6.07, 6.45) is 1.80. The van der Waals surface area contributed by atoms with Gasteiger partial charge in [-0.05, 0) is 55.3 Å². The Balaban J connectivity index is 2.09. The molecule has 2 aromatic carbocycles. The lowest BCUT2D eigenvalue weighted by Gasteiger charge is -2.12. The lowest BCUT2D eigenvalue weighted by molar-refractivity contribution is 1.37. The molecule has 20 heavy (non-hydrogen) atoms. The van der Waals surface area contributed by atoms with Gasteiger partial charge in [0, 0.05) is 28.6 Å². The highest BCUT2D eigenvalue weighted by atomic mass is 14.9. The molecule has 3 rings (SSSR count). The number of nitrogen functional groups attached to an aromatic ring is 1. The molecule has 100 valence electrons. The molecule has 0 bridgehead atoms. The number of hydrogen-bond donors (Lipinski definition) is 2. The predicted octanol–water partition coefficient (Wildman–Crippen LogP) is 4.18. The molecule has 3 aromatic rings. The van der Waals surface area contributed by atoms with E-state index in [1.807, 2.05) is 24.3 Å². The highest BCUT2D eigenvalue weighted by molar-refractivity contribution is 5.94. The van der Waals surface area contributed by atoms with Crippen molar-refractivity contribution < 1.29 is 0 Å². The standard InChI is InChI=1S/C17H17N3/c1-11-3-4-12(2)16(9-11)20-15-7-8-19-17-10-13(18)5-6-14(15)17/h3-10H,18H2,1-2H3,(H,19,20). The lowest BCUT2D eigenvalue weighted by Crippen LogP contribution is -1.96. The molecule has 0 radical (unpaired) electrons. The van der Waals surface area contributed by atoms with Gasteiger partial charge in [-0.1, -0.05) is 12.1 Å². The molecule has 0 aliphatic carbocycles. The number of aryl methyl sites for hydroxylation is 2. The van der Waals surface area contributed by atoms with Crippen molar-refractivity contribution in [3.63, 3.8) is 0 Å². The van der Waals surface area contributed by atoms with Crippen molar-refractivity contribution in [2.75, 3.05) is 11.1 Å². The minimum Gasteiger partial charge on any atom is -0.399 e. The van der Waals surface area contributed by atoms with E-state index in [1.165, 1.54) is 11.1 Å². The molecule has 1 aromatic heterocycles. The monoisotopic (exact) mass is 263 g/mol. The van der Waals surface area contributed by atoms with Crippen LogP contribution in [0.5, 0.6) is 0 Å². The first-order valence-corrected chi connectivity index (χ1v) is 6.62. The number of benzene rings is 2. The minimum absolute atomic E-state index is 0.730. The van der Waals surface area contributed by atoms with Gasteiger partial charge in [-0.2, -0.15) is 0 Å². The number of anilines is 3. The van der Waals surface area contributed by atoms with Gasteiger partial charge in [-0.15, -0.1) is 0 Å². The molecule has 1 heterocycles. The average molecular weight is 263 g/mol. The zero-order valence-corrected chi connectivity index (χ0v) is 11.6. The Labute approximate surface area is 118 Å². The van der Waals surface area contributed by atoms with E-state index in [4.69, 9.17) is 5.73 Å². The maximum absolute atomic E-state index is 5.81. The van der Waals surface area contributed by atoms with Gasteiger partial charge >= 0.3 is 0 Å². The molecule has 0 fully saturated rings. The molecule has 0 spiro atoms. The summed E-state index contributed by atoms with van der Waals surface area (Å²) in [7, 11) is 0. The second-order valence-electron chi connectivity index (χ2n) is 5.08. The van der Waals surface area contributed by atoms with Gasteiger partial charge in [0.25, 0.3) is 0 Å². The van der Waals surface area contributed by atoms with Crippen LogP contribution in [0.2, 0.25) is 0 Å². The summed E-state index contributed by atoms with van der Waals surface area (Å²) in [5.41, 5.74) is 12.1. The van der Waals surface area contributed by atoms with Gasteiger partial charge in [0.2, 0.25) is 0 Å². The molecule has 0 amide bonds. The van der Waals surface area contributed by atoms with Crippen LogP contribution in [-0.4, -0.2) is 4.98 Å². The van der Waals surface area contributed by atoms with E-state index < -0.39 is 0 Å². The molecule has 3 heteroatoms. The summed E-state index contributed by atoms with van der Waals surface area (Å²) in [6, 6.07) is 14.2. The van der Waals surface area contributed by atoms with Crippen LogP contribution in [0, 0.1) is 13.8 Å². The van der Waals surface area contributed by atoms with Gasteiger partial charge in [0.05, 0.1) is 5.52 Å². The average Bonchev–Trinajstić information content (AvgIpc) is 2.43. The number of nitrogens with one attached hydrogen (secondary N) is 1. The van der Waals surface area contributed by atoms with Crippen LogP contribution in [-0.2, 0) is 0 Å². The van der Waals surface area contributed by atoms with Gasteiger partial charge in [0.1, 0.15) is 0 Å². The van der Waals surface area contributed by atoms with Crippen LogP contribution in [0.3, 0.4) is 0 Å². The zero-order valence-electron chi connectivity index (χ0n) is 11.6. The van der Waals surface area contributed by atoms with Crippen LogP contribution in [0.25, 0.3) is 10.9 Å². The third-order valence-corrected chi connectivity index (χ3v) is 3.43. The van der Waals surface area contributed by atoms with Gasteiger partial charge in [-0.25, -0.2) is 0 Å². The lowest BCUT2D eigenvalue weighted by atomic mass is 10.1. The van der Waals surface area contributed by atoms with Crippen LogP contribution in [0.1, 0.15) is 11.1 Å². The number of pyridine rings is 1. The Morgan fingerprint density at radius 2 is 1.80 bits per heavy atom. The van der Waals surface area contributed by atoms with Crippen molar-refractivity contribution in [3.8, 4) is 0 Å². The van der Waals surface area contributed by atoms with Crippen molar-refractivity contribution in [1.82, 2.24) is 4.98 Å². The fourth-order valence-electron chi connectivity index (χ4n) is 2.29. The molecule has 3 nitrogen and oxygen atoms in total. The highest BCUT2D eigenvalue weighted by Gasteiger charge is 2.04.